The fourth-order valence-corrected chi connectivity index (χ4v) is 2.34. The number of hydrogen-bond acceptors (Lipinski definition) is 6. The molecular weight excluding hydrogens is 314 g/mol. The summed E-state index contributed by atoms with van der Waals surface area (Å²) < 4.78 is 15.5. The van der Waals surface area contributed by atoms with Crippen LogP contribution in [0.15, 0.2) is 42.5 Å². The lowest BCUT2D eigenvalue weighted by atomic mass is 10.1. The van der Waals surface area contributed by atoms with Gasteiger partial charge in [0.1, 0.15) is 5.75 Å². The van der Waals surface area contributed by atoms with E-state index >= 15 is 0 Å². The highest BCUT2D eigenvalue weighted by atomic mass is 16.7. The second-order valence-corrected chi connectivity index (χ2v) is 4.92. The van der Waals surface area contributed by atoms with Crippen LogP contribution in [-0.2, 0) is 0 Å². The lowest BCUT2D eigenvalue weighted by Gasteiger charge is -2.04. The number of nitro groups is 1. The van der Waals surface area contributed by atoms with Gasteiger partial charge in [0.05, 0.1) is 29.2 Å². The van der Waals surface area contributed by atoms with Crippen molar-refractivity contribution in [1.82, 2.24) is 0 Å². The third-order valence-electron chi connectivity index (χ3n) is 3.51. The van der Waals surface area contributed by atoms with Gasteiger partial charge >= 0.3 is 0 Å². The number of benzene rings is 2. The second-order valence-electron chi connectivity index (χ2n) is 4.92. The van der Waals surface area contributed by atoms with Crippen molar-refractivity contribution in [3.63, 3.8) is 0 Å². The van der Waals surface area contributed by atoms with Crippen LogP contribution in [-0.4, -0.2) is 24.6 Å². The lowest BCUT2D eigenvalue weighted by molar-refractivity contribution is -0.385. The number of hydrogen-bond donors (Lipinski definition) is 0. The van der Waals surface area contributed by atoms with Gasteiger partial charge in [-0.1, -0.05) is 12.1 Å². The van der Waals surface area contributed by atoms with Crippen LogP contribution >= 0.6 is 0 Å². The SMILES string of the molecule is COc1ccccc1C(=O)/C=C/c1cc2c(cc1[N+](=O)[O-])OCO2. The van der Waals surface area contributed by atoms with Gasteiger partial charge < -0.3 is 14.2 Å². The second kappa shape index (κ2) is 6.41. The fourth-order valence-electron chi connectivity index (χ4n) is 2.34. The lowest BCUT2D eigenvalue weighted by Crippen LogP contribution is -1.98. The molecule has 0 saturated heterocycles. The van der Waals surface area contributed by atoms with E-state index in [1.54, 1.807) is 24.3 Å². The highest BCUT2D eigenvalue weighted by Crippen LogP contribution is 2.38. The monoisotopic (exact) mass is 327 g/mol. The van der Waals surface area contributed by atoms with Crippen molar-refractivity contribution in [2.75, 3.05) is 13.9 Å². The summed E-state index contributed by atoms with van der Waals surface area (Å²) in [6.45, 7) is 0.0137. The molecule has 7 heteroatoms. The fraction of sp³-hybridized carbons (Fsp3) is 0.118. The predicted molar refractivity (Wildman–Crippen MR) is 85.6 cm³/mol. The Morgan fingerprint density at radius 3 is 2.67 bits per heavy atom. The Balaban J connectivity index is 1.94. The Morgan fingerprint density at radius 2 is 1.96 bits per heavy atom. The zero-order valence-corrected chi connectivity index (χ0v) is 12.7. The average Bonchev–Trinajstić information content (AvgIpc) is 3.06. The summed E-state index contributed by atoms with van der Waals surface area (Å²) in [5.74, 6) is 0.839. The first-order valence-electron chi connectivity index (χ1n) is 7.03. The maximum Gasteiger partial charge on any atom is 0.280 e. The molecule has 0 aliphatic carbocycles. The molecule has 0 saturated carbocycles. The van der Waals surface area contributed by atoms with Gasteiger partial charge in [-0.25, -0.2) is 0 Å². The van der Waals surface area contributed by atoms with E-state index in [-0.39, 0.29) is 23.8 Å². The van der Waals surface area contributed by atoms with E-state index in [0.717, 1.165) is 0 Å². The summed E-state index contributed by atoms with van der Waals surface area (Å²) in [5.41, 5.74) is 0.468. The largest absolute Gasteiger partial charge is 0.496 e. The Kier molecular flexibility index (Phi) is 4.15. The predicted octanol–water partition coefficient (Wildman–Crippen LogP) is 3.23. The van der Waals surface area contributed by atoms with Crippen molar-refractivity contribution >= 4 is 17.5 Å². The van der Waals surface area contributed by atoms with Gasteiger partial charge in [-0.2, -0.15) is 0 Å². The van der Waals surface area contributed by atoms with E-state index in [9.17, 15) is 14.9 Å². The van der Waals surface area contributed by atoms with Crippen LogP contribution < -0.4 is 14.2 Å². The summed E-state index contributed by atoms with van der Waals surface area (Å²) in [6, 6.07) is 9.53. The van der Waals surface area contributed by atoms with Gasteiger partial charge in [0.15, 0.2) is 17.3 Å². The summed E-state index contributed by atoms with van der Waals surface area (Å²) in [7, 11) is 1.47. The van der Waals surface area contributed by atoms with Crippen LogP contribution in [0.1, 0.15) is 15.9 Å². The smallest absolute Gasteiger partial charge is 0.280 e. The first-order valence-corrected chi connectivity index (χ1v) is 7.03. The number of ether oxygens (including phenoxy) is 3. The average molecular weight is 327 g/mol. The van der Waals surface area contributed by atoms with Crippen LogP contribution in [0.3, 0.4) is 0 Å². The molecule has 0 atom stereocenters. The van der Waals surface area contributed by atoms with E-state index in [2.05, 4.69) is 0 Å². The summed E-state index contributed by atoms with van der Waals surface area (Å²) in [4.78, 5) is 23.0. The molecule has 2 aromatic carbocycles. The third-order valence-corrected chi connectivity index (χ3v) is 3.51. The first kappa shape index (κ1) is 15.5. The number of rotatable bonds is 5. The molecule has 0 spiro atoms. The zero-order chi connectivity index (χ0) is 17.1. The molecule has 0 aromatic heterocycles. The van der Waals surface area contributed by atoms with Crippen LogP contribution in [0.25, 0.3) is 6.08 Å². The number of carbonyl (C=O) groups excluding carboxylic acids is 1. The molecule has 7 nitrogen and oxygen atoms in total. The molecule has 122 valence electrons. The van der Waals surface area contributed by atoms with Crippen molar-refractivity contribution in [1.29, 1.82) is 0 Å². The molecule has 0 fully saturated rings. The van der Waals surface area contributed by atoms with Gasteiger partial charge in [-0.3, -0.25) is 14.9 Å². The van der Waals surface area contributed by atoms with Crippen LogP contribution in [0.2, 0.25) is 0 Å². The Hall–Kier alpha value is -3.35. The summed E-state index contributed by atoms with van der Waals surface area (Å²) in [6.07, 6.45) is 2.65. The van der Waals surface area contributed by atoms with Gasteiger partial charge in [0.2, 0.25) is 6.79 Å². The van der Waals surface area contributed by atoms with E-state index in [1.807, 2.05) is 0 Å². The third kappa shape index (κ3) is 2.91. The molecule has 0 amide bonds. The van der Waals surface area contributed by atoms with Gasteiger partial charge in [0, 0.05) is 0 Å². The van der Waals surface area contributed by atoms with E-state index in [4.69, 9.17) is 14.2 Å². The molecule has 1 aliphatic rings. The molecule has 1 heterocycles. The van der Waals surface area contributed by atoms with Gasteiger partial charge in [0.25, 0.3) is 5.69 Å². The molecule has 1 aliphatic heterocycles. The molecule has 3 rings (SSSR count). The highest BCUT2D eigenvalue weighted by Gasteiger charge is 2.22. The quantitative estimate of drug-likeness (QED) is 0.362. The number of fused-ring (bicyclic) bond motifs is 1. The number of methoxy groups -OCH3 is 1. The minimum Gasteiger partial charge on any atom is -0.496 e. The standard InChI is InChI=1S/C17H13NO6/c1-22-15-5-3-2-4-12(15)14(19)7-6-11-8-16-17(24-10-23-16)9-13(11)18(20)21/h2-9H,10H2,1H3/b7-6+. The molecule has 0 N–H and O–H groups in total. The molecule has 2 aromatic rings. The maximum atomic E-state index is 12.3. The molecule has 0 radical (unpaired) electrons. The number of allylic oxidation sites excluding steroid dienone is 1. The Bertz CT molecular complexity index is 843. The van der Waals surface area contributed by atoms with Crippen molar-refractivity contribution < 1.29 is 23.9 Å². The summed E-state index contributed by atoms with van der Waals surface area (Å²) >= 11 is 0. The van der Waals surface area contributed by atoms with Crippen molar-refractivity contribution in [3.8, 4) is 17.2 Å². The minimum absolute atomic E-state index is 0.0137. The van der Waals surface area contributed by atoms with Crippen molar-refractivity contribution in [3.05, 3.63) is 63.7 Å². The Labute approximate surface area is 137 Å². The van der Waals surface area contributed by atoms with Gasteiger partial charge in [-0.15, -0.1) is 0 Å². The molecule has 0 bridgehead atoms. The van der Waals surface area contributed by atoms with Crippen molar-refractivity contribution in [2.45, 2.75) is 0 Å². The van der Waals surface area contributed by atoms with E-state index < -0.39 is 4.92 Å². The molecule has 24 heavy (non-hydrogen) atoms. The number of nitro benzene ring substituents is 1. The van der Waals surface area contributed by atoms with Crippen LogP contribution in [0.4, 0.5) is 5.69 Å². The number of carbonyl (C=O) groups is 1. The number of para-hydroxylation sites is 1. The van der Waals surface area contributed by atoms with E-state index in [0.29, 0.717) is 22.8 Å². The molecular formula is C17H13NO6. The number of ketones is 1. The normalized spacial score (nSPS) is 12.4. The van der Waals surface area contributed by atoms with E-state index in [1.165, 1.54) is 31.4 Å². The molecule has 0 unspecified atom stereocenters. The minimum atomic E-state index is -0.533. The Morgan fingerprint density at radius 1 is 1.25 bits per heavy atom. The zero-order valence-electron chi connectivity index (χ0n) is 12.7. The van der Waals surface area contributed by atoms with Crippen molar-refractivity contribution in [2.24, 2.45) is 0 Å². The number of nitrogens with zero attached hydrogens (tertiary/aromatic N) is 1. The first-order chi connectivity index (χ1) is 11.6. The topological polar surface area (TPSA) is 87.9 Å². The summed E-state index contributed by atoms with van der Waals surface area (Å²) in [5, 5.41) is 11.2. The van der Waals surface area contributed by atoms with Crippen LogP contribution in [0, 0.1) is 10.1 Å². The van der Waals surface area contributed by atoms with Gasteiger partial charge in [-0.05, 0) is 30.4 Å². The highest BCUT2D eigenvalue weighted by molar-refractivity contribution is 6.08. The maximum absolute atomic E-state index is 12.3. The van der Waals surface area contributed by atoms with Crippen LogP contribution in [0.5, 0.6) is 17.2 Å².